The third-order valence-electron chi connectivity index (χ3n) is 1.08. The van der Waals surface area contributed by atoms with E-state index < -0.39 is 0 Å². The van der Waals surface area contributed by atoms with E-state index in [1.54, 1.807) is 0 Å². The first-order valence-corrected chi connectivity index (χ1v) is 3.01. The molecule has 0 N–H and O–H groups in total. The van der Waals surface area contributed by atoms with E-state index in [2.05, 4.69) is 4.74 Å². The number of esters is 1. The van der Waals surface area contributed by atoms with Gasteiger partial charge in [-0.3, -0.25) is 0 Å². The number of methoxy groups -OCH3 is 1. The zero-order valence-electron chi connectivity index (χ0n) is 5.42. The van der Waals surface area contributed by atoms with Gasteiger partial charge in [0.15, 0.2) is 0 Å². The van der Waals surface area contributed by atoms with E-state index in [1.807, 2.05) is 0 Å². The Morgan fingerprint density at radius 2 is 2.33 bits per heavy atom. The van der Waals surface area contributed by atoms with Crippen molar-refractivity contribution >= 4 is 5.97 Å². The van der Waals surface area contributed by atoms with Gasteiger partial charge in [-0.2, -0.15) is 0 Å². The first-order valence-electron chi connectivity index (χ1n) is 3.01. The third-order valence-corrected chi connectivity index (χ3v) is 1.08. The second-order valence-electron chi connectivity index (χ2n) is 2.12. The molecule has 0 aromatic carbocycles. The maximum atomic E-state index is 10.5. The second kappa shape index (κ2) is 2.82. The lowest BCUT2D eigenvalue weighted by atomic mass is 10.7. The Hall–Kier alpha value is -0.570. The second-order valence-corrected chi connectivity index (χ2v) is 2.12. The molecule has 0 amide bonds. The molecule has 3 heteroatoms. The normalized spacial score (nSPS) is 17.4. The molecule has 0 heterocycles. The number of hydrogen-bond donors (Lipinski definition) is 0. The van der Waals surface area contributed by atoms with Gasteiger partial charge in [-0.1, -0.05) is 0 Å². The predicted octanol–water partition coefficient (Wildman–Crippen LogP) is 0.338. The molecular formula is C6H10O3. The average molecular weight is 130 g/mol. The lowest BCUT2D eigenvalue weighted by Gasteiger charge is -1.99. The maximum absolute atomic E-state index is 10.5. The van der Waals surface area contributed by atoms with Gasteiger partial charge >= 0.3 is 5.97 Å². The summed E-state index contributed by atoms with van der Waals surface area (Å²) in [7, 11) is 1.48. The molecule has 0 aromatic rings. The summed E-state index contributed by atoms with van der Waals surface area (Å²) in [4.78, 5) is 10.5. The summed E-state index contributed by atoms with van der Waals surface area (Å²) in [5.74, 6) is -0.250. The molecule has 9 heavy (non-hydrogen) atoms. The summed E-state index contributed by atoms with van der Waals surface area (Å²) < 4.78 is 9.40. The molecule has 0 bridgehead atoms. The molecule has 0 atom stereocenters. The SMILES string of the molecule is COCC(=O)OC1CC1. The van der Waals surface area contributed by atoms with Crippen molar-refractivity contribution in [2.24, 2.45) is 0 Å². The van der Waals surface area contributed by atoms with Crippen molar-refractivity contribution in [2.45, 2.75) is 18.9 Å². The zero-order valence-corrected chi connectivity index (χ0v) is 5.42. The number of rotatable bonds is 3. The summed E-state index contributed by atoms with van der Waals surface area (Å²) in [6.07, 6.45) is 2.25. The molecule has 0 radical (unpaired) electrons. The molecule has 1 aliphatic carbocycles. The fraction of sp³-hybridized carbons (Fsp3) is 0.833. The van der Waals surface area contributed by atoms with E-state index in [0.29, 0.717) is 0 Å². The molecule has 1 fully saturated rings. The van der Waals surface area contributed by atoms with Crippen molar-refractivity contribution in [1.29, 1.82) is 0 Å². The molecule has 0 aliphatic heterocycles. The molecule has 1 saturated carbocycles. The molecule has 0 unspecified atom stereocenters. The Morgan fingerprint density at radius 1 is 1.67 bits per heavy atom. The van der Waals surface area contributed by atoms with Gasteiger partial charge in [0.1, 0.15) is 12.7 Å². The van der Waals surface area contributed by atoms with E-state index in [0.717, 1.165) is 12.8 Å². The van der Waals surface area contributed by atoms with Gasteiger partial charge in [-0.05, 0) is 12.8 Å². The fourth-order valence-electron chi connectivity index (χ4n) is 0.524. The van der Waals surface area contributed by atoms with Crippen LogP contribution < -0.4 is 0 Å². The minimum Gasteiger partial charge on any atom is -0.461 e. The highest BCUT2D eigenvalue weighted by molar-refractivity contribution is 5.71. The number of ether oxygens (including phenoxy) is 2. The van der Waals surface area contributed by atoms with Crippen LogP contribution in [0.15, 0.2) is 0 Å². The Morgan fingerprint density at radius 3 is 2.78 bits per heavy atom. The quantitative estimate of drug-likeness (QED) is 0.517. The molecule has 52 valence electrons. The van der Waals surface area contributed by atoms with E-state index in [1.165, 1.54) is 7.11 Å². The van der Waals surface area contributed by atoms with Crippen molar-refractivity contribution in [3.8, 4) is 0 Å². The van der Waals surface area contributed by atoms with Crippen LogP contribution in [0.1, 0.15) is 12.8 Å². The lowest BCUT2D eigenvalue weighted by molar-refractivity contribution is -0.149. The van der Waals surface area contributed by atoms with Gasteiger partial charge in [0.2, 0.25) is 0 Å². The Bertz CT molecular complexity index is 107. The molecule has 1 rings (SSSR count). The van der Waals surface area contributed by atoms with Crippen LogP contribution in [0, 0.1) is 0 Å². The van der Waals surface area contributed by atoms with E-state index >= 15 is 0 Å². The summed E-state index contributed by atoms with van der Waals surface area (Å²) in [6, 6.07) is 0. The van der Waals surface area contributed by atoms with Crippen LogP contribution in [0.25, 0.3) is 0 Å². The monoisotopic (exact) mass is 130 g/mol. The van der Waals surface area contributed by atoms with Gasteiger partial charge in [-0.15, -0.1) is 0 Å². The molecular weight excluding hydrogens is 120 g/mol. The molecule has 3 nitrogen and oxygen atoms in total. The number of carbonyl (C=O) groups excluding carboxylic acids is 1. The Kier molecular flexibility index (Phi) is 2.05. The van der Waals surface area contributed by atoms with E-state index in [-0.39, 0.29) is 18.7 Å². The van der Waals surface area contributed by atoms with E-state index in [4.69, 9.17) is 4.74 Å². The van der Waals surface area contributed by atoms with Crippen LogP contribution in [-0.4, -0.2) is 25.8 Å². The van der Waals surface area contributed by atoms with Crippen molar-refractivity contribution in [3.05, 3.63) is 0 Å². The summed E-state index contributed by atoms with van der Waals surface area (Å²) in [6.45, 7) is 0.0799. The van der Waals surface area contributed by atoms with Gasteiger partial charge in [0.05, 0.1) is 0 Å². The van der Waals surface area contributed by atoms with Crippen LogP contribution in [0.4, 0.5) is 0 Å². The maximum Gasteiger partial charge on any atom is 0.332 e. The minimum absolute atomic E-state index is 0.0799. The summed E-state index contributed by atoms with van der Waals surface area (Å²) in [5.41, 5.74) is 0. The third kappa shape index (κ3) is 2.46. The highest BCUT2D eigenvalue weighted by Crippen LogP contribution is 2.23. The predicted molar refractivity (Wildman–Crippen MR) is 31.0 cm³/mol. The summed E-state index contributed by atoms with van der Waals surface area (Å²) in [5, 5.41) is 0. The van der Waals surface area contributed by atoms with Crippen LogP contribution >= 0.6 is 0 Å². The minimum atomic E-state index is -0.250. The molecule has 0 spiro atoms. The van der Waals surface area contributed by atoms with E-state index in [9.17, 15) is 4.79 Å². The highest BCUT2D eigenvalue weighted by Gasteiger charge is 2.25. The zero-order chi connectivity index (χ0) is 6.69. The van der Waals surface area contributed by atoms with Crippen molar-refractivity contribution in [3.63, 3.8) is 0 Å². The van der Waals surface area contributed by atoms with Crippen molar-refractivity contribution < 1.29 is 14.3 Å². The average Bonchev–Trinajstić information content (AvgIpc) is 2.50. The van der Waals surface area contributed by atoms with Gasteiger partial charge in [-0.25, -0.2) is 4.79 Å². The van der Waals surface area contributed by atoms with Crippen LogP contribution in [0.2, 0.25) is 0 Å². The van der Waals surface area contributed by atoms with Crippen molar-refractivity contribution in [1.82, 2.24) is 0 Å². The molecule has 0 aromatic heterocycles. The largest absolute Gasteiger partial charge is 0.461 e. The van der Waals surface area contributed by atoms with Crippen LogP contribution in [0.5, 0.6) is 0 Å². The molecule has 1 aliphatic rings. The Labute approximate surface area is 53.9 Å². The van der Waals surface area contributed by atoms with Crippen molar-refractivity contribution in [2.75, 3.05) is 13.7 Å². The smallest absolute Gasteiger partial charge is 0.332 e. The standard InChI is InChI=1S/C6H10O3/c1-8-4-6(7)9-5-2-3-5/h5H,2-4H2,1H3. The first-order chi connectivity index (χ1) is 4.33. The van der Waals surface area contributed by atoms with Gasteiger partial charge in [0.25, 0.3) is 0 Å². The van der Waals surface area contributed by atoms with Gasteiger partial charge in [0, 0.05) is 7.11 Å². The number of hydrogen-bond acceptors (Lipinski definition) is 3. The van der Waals surface area contributed by atoms with Crippen LogP contribution in [0.3, 0.4) is 0 Å². The first kappa shape index (κ1) is 6.55. The topological polar surface area (TPSA) is 35.5 Å². The summed E-state index contributed by atoms with van der Waals surface area (Å²) >= 11 is 0. The highest BCUT2D eigenvalue weighted by atomic mass is 16.6. The Balaban J connectivity index is 2.02. The number of carbonyl (C=O) groups is 1. The van der Waals surface area contributed by atoms with Crippen LogP contribution in [-0.2, 0) is 14.3 Å². The van der Waals surface area contributed by atoms with Gasteiger partial charge < -0.3 is 9.47 Å². The fourth-order valence-corrected chi connectivity index (χ4v) is 0.524. The molecule has 0 saturated heterocycles. The lowest BCUT2D eigenvalue weighted by Crippen LogP contribution is -2.11.